The van der Waals surface area contributed by atoms with Gasteiger partial charge in [0.15, 0.2) is 5.88 Å². The molecule has 4 N–H and O–H groups in total. The van der Waals surface area contributed by atoms with Crippen LogP contribution in [0, 0.1) is 6.92 Å². The van der Waals surface area contributed by atoms with Gasteiger partial charge in [-0.2, -0.15) is 0 Å². The van der Waals surface area contributed by atoms with E-state index in [1.165, 1.54) is 6.33 Å². The molecular weight excluding hydrogens is 412 g/mol. The minimum atomic E-state index is -0.0514. The van der Waals surface area contributed by atoms with Gasteiger partial charge in [-0.1, -0.05) is 0 Å². The van der Waals surface area contributed by atoms with E-state index in [0.29, 0.717) is 72.1 Å². The first-order valence-electron chi connectivity index (χ1n) is 10.5. The lowest BCUT2D eigenvalue weighted by Gasteiger charge is -2.13. The third kappa shape index (κ3) is 4.58. The number of carbonyl (C=O) groups excluding carboxylic acids is 1. The van der Waals surface area contributed by atoms with Gasteiger partial charge in [-0.3, -0.25) is 9.79 Å². The Morgan fingerprint density at radius 1 is 1.16 bits per heavy atom. The van der Waals surface area contributed by atoms with E-state index in [0.717, 1.165) is 12.0 Å². The van der Waals surface area contributed by atoms with Crippen LogP contribution in [-0.2, 0) is 4.79 Å². The first kappa shape index (κ1) is 21.4. The van der Waals surface area contributed by atoms with E-state index in [2.05, 4.69) is 30.6 Å². The van der Waals surface area contributed by atoms with Crippen LogP contribution in [0.15, 0.2) is 23.5 Å². The third-order valence-corrected chi connectivity index (χ3v) is 5.24. The van der Waals surface area contributed by atoms with Crippen LogP contribution >= 0.6 is 0 Å². The zero-order valence-corrected chi connectivity index (χ0v) is 18.1. The summed E-state index contributed by atoms with van der Waals surface area (Å²) in [5, 5.41) is 17.3. The number of nitrogens with zero attached hydrogens (tertiary/aromatic N) is 3. The lowest BCUT2D eigenvalue weighted by Crippen LogP contribution is -2.26. The summed E-state index contributed by atoms with van der Waals surface area (Å²) in [6.45, 7) is 3.44. The highest BCUT2D eigenvalue weighted by atomic mass is 16.5. The van der Waals surface area contributed by atoms with Crippen molar-refractivity contribution in [3.05, 3.63) is 29.6 Å². The van der Waals surface area contributed by atoms with E-state index in [-0.39, 0.29) is 11.8 Å². The number of aliphatic imine (C=N–C) groups is 1. The Bertz CT molecular complexity index is 1160. The third-order valence-electron chi connectivity index (χ3n) is 5.24. The molecule has 1 aromatic carbocycles. The van der Waals surface area contributed by atoms with Gasteiger partial charge in [-0.15, -0.1) is 0 Å². The number of H-pyrrole nitrogens is 1. The second kappa shape index (κ2) is 9.54. The van der Waals surface area contributed by atoms with E-state index in [1.807, 2.05) is 6.92 Å². The highest BCUT2D eigenvalue weighted by Crippen LogP contribution is 2.35. The maximum absolute atomic E-state index is 12.1. The number of anilines is 1. The number of carbonyl (C=O) groups is 1. The van der Waals surface area contributed by atoms with Crippen LogP contribution in [0.1, 0.15) is 30.4 Å². The summed E-state index contributed by atoms with van der Waals surface area (Å²) in [4.78, 5) is 28.0. The molecule has 1 aliphatic rings. The molecule has 10 nitrogen and oxygen atoms in total. The molecule has 0 aliphatic carbocycles. The molecule has 2 bridgehead atoms. The van der Waals surface area contributed by atoms with Gasteiger partial charge in [0, 0.05) is 43.4 Å². The van der Waals surface area contributed by atoms with Gasteiger partial charge >= 0.3 is 0 Å². The van der Waals surface area contributed by atoms with Gasteiger partial charge in [0.25, 0.3) is 0 Å². The fraction of sp³-hybridized carbons (Fsp3) is 0.364. The molecule has 0 fully saturated rings. The number of hydrogen-bond donors (Lipinski definition) is 4. The molecule has 4 rings (SSSR count). The molecule has 0 saturated carbocycles. The van der Waals surface area contributed by atoms with E-state index in [9.17, 15) is 9.90 Å². The number of hydrogen-bond acceptors (Lipinski definition) is 8. The van der Waals surface area contributed by atoms with E-state index < -0.39 is 0 Å². The highest BCUT2D eigenvalue weighted by molar-refractivity contribution is 6.06. The number of nitrogens with one attached hydrogen (secondary N) is 3. The molecule has 0 atom stereocenters. The lowest BCUT2D eigenvalue weighted by atomic mass is 10.1. The van der Waals surface area contributed by atoms with Crippen molar-refractivity contribution in [2.75, 3.05) is 32.1 Å². The number of amides is 1. The summed E-state index contributed by atoms with van der Waals surface area (Å²) in [5.74, 6) is 1.78. The van der Waals surface area contributed by atoms with Crippen LogP contribution in [0.3, 0.4) is 0 Å². The molecule has 1 aliphatic heterocycles. The number of ether oxygens (including phenoxy) is 2. The summed E-state index contributed by atoms with van der Waals surface area (Å²) in [6.07, 6.45) is 4.69. The van der Waals surface area contributed by atoms with Gasteiger partial charge in [0.05, 0.1) is 30.4 Å². The molecule has 3 aromatic rings. The average Bonchev–Trinajstić information content (AvgIpc) is 3.11. The average molecular weight is 438 g/mol. The van der Waals surface area contributed by atoms with Crippen molar-refractivity contribution in [3.8, 4) is 17.4 Å². The zero-order chi connectivity index (χ0) is 22.5. The molecule has 0 saturated heterocycles. The van der Waals surface area contributed by atoms with Gasteiger partial charge in [-0.25, -0.2) is 9.97 Å². The number of aromatic hydroxyl groups is 1. The Labute approximate surface area is 185 Å². The largest absolute Gasteiger partial charge is 0.496 e. The van der Waals surface area contributed by atoms with Crippen LogP contribution in [-0.4, -0.2) is 59.0 Å². The van der Waals surface area contributed by atoms with Crippen molar-refractivity contribution in [2.45, 2.75) is 26.2 Å². The van der Waals surface area contributed by atoms with Gasteiger partial charge in [-0.05, 0) is 19.8 Å². The Balaban J connectivity index is 1.75. The lowest BCUT2D eigenvalue weighted by molar-refractivity contribution is -0.121. The summed E-state index contributed by atoms with van der Waals surface area (Å²) < 4.78 is 11.4. The minimum Gasteiger partial charge on any atom is -0.496 e. The molecule has 2 aromatic heterocycles. The molecule has 1 amide bonds. The summed E-state index contributed by atoms with van der Waals surface area (Å²) in [6, 6.07) is 3.60. The van der Waals surface area contributed by atoms with Crippen LogP contribution < -0.4 is 20.1 Å². The van der Waals surface area contributed by atoms with Crippen molar-refractivity contribution in [3.63, 3.8) is 0 Å². The molecular formula is C22H26N6O4. The summed E-state index contributed by atoms with van der Waals surface area (Å²) in [7, 11) is 1.59. The summed E-state index contributed by atoms with van der Waals surface area (Å²) in [5.41, 5.74) is 2.41. The number of fused-ring (bicyclic) bond motifs is 2. The first-order valence-corrected chi connectivity index (χ1v) is 10.5. The number of rotatable bonds is 1. The molecule has 3 heterocycles. The number of aromatic nitrogens is 3. The van der Waals surface area contributed by atoms with Gasteiger partial charge in [0.2, 0.25) is 5.91 Å². The SMILES string of the molecule is COc1cc2cc(c1C)OCCCC(=O)NCCCNc1ncnc3[nH]c(O)c(c13)C=N2. The zero-order valence-electron chi connectivity index (χ0n) is 18.1. The second-order valence-corrected chi connectivity index (χ2v) is 7.44. The van der Waals surface area contributed by atoms with E-state index in [4.69, 9.17) is 9.47 Å². The predicted octanol–water partition coefficient (Wildman–Crippen LogP) is 2.82. The normalized spacial score (nSPS) is 15.2. The maximum Gasteiger partial charge on any atom is 0.220 e. The Morgan fingerprint density at radius 3 is 2.84 bits per heavy atom. The monoisotopic (exact) mass is 438 g/mol. The van der Waals surface area contributed by atoms with Crippen molar-refractivity contribution in [1.82, 2.24) is 20.3 Å². The highest BCUT2D eigenvalue weighted by Gasteiger charge is 2.16. The quantitative estimate of drug-likeness (QED) is 0.459. The second-order valence-electron chi connectivity index (χ2n) is 7.44. The molecule has 0 unspecified atom stereocenters. The fourth-order valence-corrected chi connectivity index (χ4v) is 3.54. The Kier molecular flexibility index (Phi) is 6.39. The van der Waals surface area contributed by atoms with Crippen molar-refractivity contribution in [2.24, 2.45) is 4.99 Å². The smallest absolute Gasteiger partial charge is 0.220 e. The molecule has 0 spiro atoms. The Morgan fingerprint density at radius 2 is 2.00 bits per heavy atom. The van der Waals surface area contributed by atoms with E-state index >= 15 is 0 Å². The van der Waals surface area contributed by atoms with Gasteiger partial charge in [0.1, 0.15) is 29.3 Å². The molecule has 10 heteroatoms. The number of benzene rings is 1. The van der Waals surface area contributed by atoms with E-state index in [1.54, 1.807) is 25.5 Å². The Hall–Kier alpha value is -3.82. The predicted molar refractivity (Wildman–Crippen MR) is 121 cm³/mol. The van der Waals surface area contributed by atoms with Crippen molar-refractivity contribution >= 4 is 34.7 Å². The molecule has 168 valence electrons. The standard InChI is InChI=1S/C22H26N6O4/c1-13-16(31-2)9-14-10-17(13)32-8-3-5-18(29)23-6-4-7-24-20-19-15(11-25-14)22(30)28-21(19)27-12-26-20/h9-12,30H,3-8H2,1-2H3,(H,23,29)(H2,24,26,27,28). The van der Waals surface area contributed by atoms with Crippen molar-refractivity contribution < 1.29 is 19.4 Å². The number of methoxy groups -OCH3 is 1. The van der Waals surface area contributed by atoms with Gasteiger partial charge < -0.3 is 30.2 Å². The van der Waals surface area contributed by atoms with Crippen LogP contribution in [0.25, 0.3) is 11.0 Å². The van der Waals surface area contributed by atoms with Crippen molar-refractivity contribution in [1.29, 1.82) is 0 Å². The van der Waals surface area contributed by atoms with Crippen LogP contribution in [0.2, 0.25) is 0 Å². The minimum absolute atomic E-state index is 0.00959. The maximum atomic E-state index is 12.1. The van der Waals surface area contributed by atoms with Crippen LogP contribution in [0.4, 0.5) is 11.5 Å². The summed E-state index contributed by atoms with van der Waals surface area (Å²) >= 11 is 0. The number of aromatic amines is 1. The van der Waals surface area contributed by atoms with Crippen LogP contribution in [0.5, 0.6) is 17.4 Å². The topological polar surface area (TPSA) is 134 Å². The molecule has 32 heavy (non-hydrogen) atoms. The fourth-order valence-electron chi connectivity index (χ4n) is 3.54. The molecule has 0 radical (unpaired) electrons. The first-order chi connectivity index (χ1) is 15.6.